The van der Waals surface area contributed by atoms with Crippen molar-refractivity contribution in [3.63, 3.8) is 0 Å². The van der Waals surface area contributed by atoms with Crippen LogP contribution >= 0.6 is 0 Å². The van der Waals surface area contributed by atoms with Crippen LogP contribution < -0.4 is 10.2 Å². The zero-order chi connectivity index (χ0) is 23.3. The first-order valence-corrected chi connectivity index (χ1v) is 10.9. The van der Waals surface area contributed by atoms with Crippen molar-refractivity contribution < 1.29 is 13.2 Å². The fourth-order valence-electron chi connectivity index (χ4n) is 4.35. The molecule has 0 saturated carbocycles. The van der Waals surface area contributed by atoms with Crippen molar-refractivity contribution in [2.24, 2.45) is 0 Å². The van der Waals surface area contributed by atoms with Gasteiger partial charge in [-0.1, -0.05) is 0 Å². The summed E-state index contributed by atoms with van der Waals surface area (Å²) in [7, 11) is 0. The van der Waals surface area contributed by atoms with E-state index in [1.54, 1.807) is 6.07 Å². The average Bonchev–Trinajstić information content (AvgIpc) is 3.47. The van der Waals surface area contributed by atoms with E-state index in [2.05, 4.69) is 42.3 Å². The Balaban J connectivity index is 1.36. The van der Waals surface area contributed by atoms with E-state index in [1.807, 2.05) is 18.2 Å². The van der Waals surface area contributed by atoms with Crippen molar-refractivity contribution in [2.45, 2.75) is 6.18 Å². The third kappa shape index (κ3) is 3.65. The molecule has 3 aromatic heterocycles. The number of piperazine rings is 1. The lowest BCUT2D eigenvalue weighted by atomic mass is 10.2. The molecule has 3 N–H and O–H groups in total. The Morgan fingerprint density at radius 3 is 2.32 bits per heavy atom. The number of pyridine rings is 1. The summed E-state index contributed by atoms with van der Waals surface area (Å²) in [6.45, 7) is 3.83. The number of rotatable bonds is 3. The molecule has 0 amide bonds. The lowest BCUT2D eigenvalue weighted by Crippen LogP contribution is -2.43. The van der Waals surface area contributed by atoms with Gasteiger partial charge in [-0.05, 0) is 48.5 Å². The first-order chi connectivity index (χ1) is 16.5. The van der Waals surface area contributed by atoms with Crippen LogP contribution in [0.3, 0.4) is 0 Å². The molecule has 0 unspecified atom stereocenters. The molecule has 0 aliphatic carbocycles. The molecule has 0 radical (unpaired) electrons. The molecule has 4 heterocycles. The minimum absolute atomic E-state index is 0.0744. The van der Waals surface area contributed by atoms with E-state index in [9.17, 15) is 13.2 Å². The molecule has 1 aliphatic rings. The second-order valence-electron chi connectivity index (χ2n) is 8.24. The van der Waals surface area contributed by atoms with Gasteiger partial charge < -0.3 is 20.2 Å². The number of imidazole rings is 2. The van der Waals surface area contributed by atoms with Crippen molar-refractivity contribution in [1.82, 2.24) is 30.2 Å². The van der Waals surface area contributed by atoms with Crippen LogP contribution in [0.5, 0.6) is 0 Å². The van der Waals surface area contributed by atoms with Gasteiger partial charge in [0.15, 0.2) is 5.82 Å². The van der Waals surface area contributed by atoms with Crippen molar-refractivity contribution in [3.8, 4) is 22.9 Å². The van der Waals surface area contributed by atoms with Crippen LogP contribution in [0.4, 0.5) is 18.9 Å². The van der Waals surface area contributed by atoms with Gasteiger partial charge in [0.25, 0.3) is 0 Å². The normalized spacial score (nSPS) is 14.9. The van der Waals surface area contributed by atoms with Crippen LogP contribution in [0.1, 0.15) is 5.56 Å². The topological polar surface area (TPSA) is 85.5 Å². The molecule has 0 spiro atoms. The summed E-state index contributed by atoms with van der Waals surface area (Å²) >= 11 is 0. The van der Waals surface area contributed by atoms with Gasteiger partial charge in [-0.2, -0.15) is 13.2 Å². The van der Waals surface area contributed by atoms with Gasteiger partial charge in [-0.25, -0.2) is 9.97 Å². The zero-order valence-electron chi connectivity index (χ0n) is 17.9. The number of benzene rings is 2. The Morgan fingerprint density at radius 2 is 1.53 bits per heavy atom. The van der Waals surface area contributed by atoms with Gasteiger partial charge in [-0.15, -0.1) is 0 Å². The summed E-state index contributed by atoms with van der Waals surface area (Å²) in [5, 5.41) is 3.35. The van der Waals surface area contributed by atoms with Crippen LogP contribution in [0.2, 0.25) is 0 Å². The zero-order valence-corrected chi connectivity index (χ0v) is 17.9. The number of hydrogen-bond acceptors (Lipinski definition) is 5. The number of halogens is 3. The second-order valence-corrected chi connectivity index (χ2v) is 8.24. The minimum Gasteiger partial charge on any atom is -0.369 e. The van der Waals surface area contributed by atoms with Gasteiger partial charge in [0, 0.05) is 43.6 Å². The van der Waals surface area contributed by atoms with Gasteiger partial charge in [0.05, 0.1) is 27.6 Å². The summed E-state index contributed by atoms with van der Waals surface area (Å²) < 4.78 is 40.3. The first kappa shape index (κ1) is 20.7. The lowest BCUT2D eigenvalue weighted by molar-refractivity contribution is -0.137. The average molecular weight is 463 g/mol. The van der Waals surface area contributed by atoms with Crippen molar-refractivity contribution in [1.29, 1.82) is 0 Å². The molecule has 1 saturated heterocycles. The third-order valence-corrected chi connectivity index (χ3v) is 6.04. The highest BCUT2D eigenvalue weighted by molar-refractivity contribution is 5.87. The van der Waals surface area contributed by atoms with Crippen LogP contribution in [0, 0.1) is 0 Å². The maximum absolute atomic E-state index is 13.4. The number of anilines is 1. The number of nitrogens with one attached hydrogen (secondary N) is 3. The van der Waals surface area contributed by atoms with Crippen molar-refractivity contribution >= 4 is 27.8 Å². The highest BCUT2D eigenvalue weighted by Crippen LogP contribution is 2.35. The summed E-state index contributed by atoms with van der Waals surface area (Å²) in [4.78, 5) is 21.7. The van der Waals surface area contributed by atoms with E-state index in [1.165, 1.54) is 12.3 Å². The number of alkyl halides is 3. The largest absolute Gasteiger partial charge is 0.418 e. The van der Waals surface area contributed by atoms with Crippen LogP contribution in [0.25, 0.3) is 45.0 Å². The molecular formula is C24H20F3N7. The quantitative estimate of drug-likeness (QED) is 0.364. The number of H-pyrrole nitrogens is 2. The molecule has 1 fully saturated rings. The fourth-order valence-corrected chi connectivity index (χ4v) is 4.35. The number of aromatic nitrogens is 5. The predicted molar refractivity (Wildman–Crippen MR) is 124 cm³/mol. The SMILES string of the molecule is FC(F)(F)c1cccnc1-c1nc2ccc(-c3nc4ccc(N5CCNCC5)cc4[nH]3)cc2[nH]1. The molecule has 0 bridgehead atoms. The maximum atomic E-state index is 13.4. The second kappa shape index (κ2) is 7.84. The summed E-state index contributed by atoms with van der Waals surface area (Å²) in [5.41, 5.74) is 3.84. The third-order valence-electron chi connectivity index (χ3n) is 6.04. The van der Waals surface area contributed by atoms with E-state index < -0.39 is 11.7 Å². The maximum Gasteiger partial charge on any atom is 0.418 e. The fraction of sp³-hybridized carbons (Fsp3) is 0.208. The lowest BCUT2D eigenvalue weighted by Gasteiger charge is -2.29. The standard InChI is InChI=1S/C24H20F3N7/c25-24(26,27)16-2-1-7-29-21(16)23-31-17-5-3-14(12-19(17)33-23)22-30-18-6-4-15(13-20(18)32-22)34-10-8-28-9-11-34/h1-7,12-13,28H,8-11H2,(H,30,32)(H,31,33). The van der Waals surface area contributed by atoms with E-state index in [0.717, 1.165) is 54.5 Å². The van der Waals surface area contributed by atoms with Crippen LogP contribution in [-0.4, -0.2) is 51.1 Å². The number of nitrogens with zero attached hydrogens (tertiary/aromatic N) is 4. The molecule has 1 aliphatic heterocycles. The Bertz CT molecular complexity index is 1500. The number of aromatic amines is 2. The molecule has 5 aromatic rings. The molecule has 2 aromatic carbocycles. The highest BCUT2D eigenvalue weighted by atomic mass is 19.4. The molecule has 34 heavy (non-hydrogen) atoms. The van der Waals surface area contributed by atoms with Crippen molar-refractivity contribution in [2.75, 3.05) is 31.1 Å². The van der Waals surface area contributed by atoms with Crippen LogP contribution in [0.15, 0.2) is 54.7 Å². The summed E-state index contributed by atoms with van der Waals surface area (Å²) in [5.74, 6) is 0.754. The van der Waals surface area contributed by atoms with Gasteiger partial charge in [0.2, 0.25) is 0 Å². The minimum atomic E-state index is -4.52. The highest BCUT2D eigenvalue weighted by Gasteiger charge is 2.35. The molecule has 7 nitrogen and oxygen atoms in total. The Kier molecular flexibility index (Phi) is 4.77. The predicted octanol–water partition coefficient (Wildman–Crippen LogP) is 4.60. The molecule has 10 heteroatoms. The smallest absolute Gasteiger partial charge is 0.369 e. The number of hydrogen-bond donors (Lipinski definition) is 3. The van der Waals surface area contributed by atoms with Gasteiger partial charge in [0.1, 0.15) is 11.5 Å². The molecule has 6 rings (SSSR count). The van der Waals surface area contributed by atoms with E-state index in [4.69, 9.17) is 4.98 Å². The molecular weight excluding hydrogens is 443 g/mol. The van der Waals surface area contributed by atoms with E-state index in [-0.39, 0.29) is 11.5 Å². The van der Waals surface area contributed by atoms with Crippen molar-refractivity contribution in [3.05, 3.63) is 60.3 Å². The summed E-state index contributed by atoms with van der Waals surface area (Å²) in [6.07, 6.45) is -3.20. The Morgan fingerprint density at radius 1 is 0.824 bits per heavy atom. The number of fused-ring (bicyclic) bond motifs is 2. The molecule has 0 atom stereocenters. The monoisotopic (exact) mass is 463 g/mol. The Labute approximate surface area is 192 Å². The van der Waals surface area contributed by atoms with E-state index >= 15 is 0 Å². The first-order valence-electron chi connectivity index (χ1n) is 10.9. The van der Waals surface area contributed by atoms with Crippen LogP contribution in [-0.2, 0) is 6.18 Å². The van der Waals surface area contributed by atoms with E-state index in [0.29, 0.717) is 16.9 Å². The Hall–Kier alpha value is -3.92. The summed E-state index contributed by atoms with van der Waals surface area (Å²) in [6, 6.07) is 13.9. The van der Waals surface area contributed by atoms with Gasteiger partial charge >= 0.3 is 6.18 Å². The molecule has 172 valence electrons. The van der Waals surface area contributed by atoms with Gasteiger partial charge in [-0.3, -0.25) is 4.98 Å².